The Morgan fingerprint density at radius 3 is 3.18 bits per heavy atom. The molecule has 2 aromatic rings. The third kappa shape index (κ3) is 3.55. The molecule has 0 aliphatic carbocycles. The van der Waals surface area contributed by atoms with Crippen LogP contribution in [0.25, 0.3) is 11.5 Å². The molecule has 6 heteroatoms. The number of thioether (sulfide) groups is 1. The molecule has 0 amide bonds. The smallest absolute Gasteiger partial charge is 0.258 e. The first-order valence-electron chi connectivity index (χ1n) is 5.46. The van der Waals surface area contributed by atoms with Gasteiger partial charge in [0.1, 0.15) is 0 Å². The van der Waals surface area contributed by atoms with Gasteiger partial charge in [-0.1, -0.05) is 12.1 Å². The van der Waals surface area contributed by atoms with Crippen LogP contribution < -0.4 is 5.73 Å². The predicted molar refractivity (Wildman–Crippen MR) is 72.0 cm³/mol. The first-order valence-corrected chi connectivity index (χ1v) is 7.45. The lowest BCUT2D eigenvalue weighted by atomic mass is 10.3. The van der Waals surface area contributed by atoms with E-state index in [1.165, 1.54) is 0 Å². The average Bonchev–Trinajstić information content (AvgIpc) is 2.97. The summed E-state index contributed by atoms with van der Waals surface area (Å²) < 4.78 is 5.21. The molecule has 0 fully saturated rings. The van der Waals surface area contributed by atoms with Crippen molar-refractivity contribution in [2.24, 2.45) is 5.73 Å². The van der Waals surface area contributed by atoms with Crippen molar-refractivity contribution in [2.45, 2.75) is 24.3 Å². The van der Waals surface area contributed by atoms with Crippen molar-refractivity contribution < 1.29 is 4.52 Å². The zero-order valence-corrected chi connectivity index (χ0v) is 11.3. The first kappa shape index (κ1) is 12.6. The minimum Gasteiger partial charge on any atom is -0.334 e. The number of rotatable bonds is 6. The average molecular weight is 269 g/mol. The van der Waals surface area contributed by atoms with Crippen molar-refractivity contribution in [1.29, 1.82) is 0 Å². The van der Waals surface area contributed by atoms with E-state index in [0.29, 0.717) is 11.1 Å². The third-order valence-electron chi connectivity index (χ3n) is 2.31. The highest BCUT2D eigenvalue weighted by molar-refractivity contribution is 7.99. The summed E-state index contributed by atoms with van der Waals surface area (Å²) in [5.41, 5.74) is 6.50. The van der Waals surface area contributed by atoms with Crippen LogP contribution in [0.4, 0.5) is 0 Å². The van der Waals surface area contributed by atoms with Crippen LogP contribution in [-0.2, 0) is 5.75 Å². The zero-order chi connectivity index (χ0) is 12.1. The predicted octanol–water partition coefficient (Wildman–Crippen LogP) is 2.77. The number of hydrogen-bond acceptors (Lipinski definition) is 6. The number of nitrogens with zero attached hydrogens (tertiary/aromatic N) is 2. The van der Waals surface area contributed by atoms with Gasteiger partial charge in [-0.2, -0.15) is 28.1 Å². The van der Waals surface area contributed by atoms with Gasteiger partial charge in [-0.25, -0.2) is 0 Å². The topological polar surface area (TPSA) is 64.9 Å². The van der Waals surface area contributed by atoms with E-state index in [2.05, 4.69) is 17.1 Å². The summed E-state index contributed by atoms with van der Waals surface area (Å²) in [5, 5.41) is 8.50. The molecule has 17 heavy (non-hydrogen) atoms. The summed E-state index contributed by atoms with van der Waals surface area (Å²) in [7, 11) is 0. The molecular formula is C11H15N3OS2. The molecule has 2 rings (SSSR count). The Hall–Kier alpha value is -0.850. The molecule has 0 saturated carbocycles. The normalized spacial score (nSPS) is 12.8. The van der Waals surface area contributed by atoms with Gasteiger partial charge in [0.25, 0.3) is 5.89 Å². The van der Waals surface area contributed by atoms with Gasteiger partial charge in [-0.15, -0.1) is 0 Å². The molecule has 1 unspecified atom stereocenters. The minimum atomic E-state index is 0.531. The molecule has 2 N–H and O–H groups in total. The largest absolute Gasteiger partial charge is 0.334 e. The Bertz CT molecular complexity index is 441. The van der Waals surface area contributed by atoms with Crippen LogP contribution in [0.5, 0.6) is 0 Å². The summed E-state index contributed by atoms with van der Waals surface area (Å²) in [5.74, 6) is 2.13. The molecule has 0 radical (unpaired) electrons. The molecule has 0 aromatic carbocycles. The summed E-state index contributed by atoms with van der Waals surface area (Å²) >= 11 is 3.42. The fourth-order valence-corrected chi connectivity index (χ4v) is 2.83. The molecular weight excluding hydrogens is 254 g/mol. The lowest BCUT2D eigenvalue weighted by Crippen LogP contribution is -2.07. The van der Waals surface area contributed by atoms with Gasteiger partial charge in [-0.3, -0.25) is 0 Å². The minimum absolute atomic E-state index is 0.531. The molecule has 0 saturated heterocycles. The van der Waals surface area contributed by atoms with Gasteiger partial charge < -0.3 is 10.3 Å². The lowest BCUT2D eigenvalue weighted by Gasteiger charge is -2.06. The number of hydrogen-bond donors (Lipinski definition) is 1. The monoisotopic (exact) mass is 269 g/mol. The maximum absolute atomic E-state index is 5.50. The van der Waals surface area contributed by atoms with Crippen LogP contribution in [0.3, 0.4) is 0 Å². The highest BCUT2D eigenvalue weighted by Crippen LogP contribution is 2.22. The van der Waals surface area contributed by atoms with Gasteiger partial charge in [0.2, 0.25) is 0 Å². The van der Waals surface area contributed by atoms with Crippen LogP contribution in [0.1, 0.15) is 19.2 Å². The summed E-state index contributed by atoms with van der Waals surface area (Å²) in [6, 6.07) is 1.98. The van der Waals surface area contributed by atoms with Crippen molar-refractivity contribution in [2.75, 3.05) is 6.54 Å². The molecule has 1 atom stereocenters. The molecule has 0 spiro atoms. The van der Waals surface area contributed by atoms with Crippen LogP contribution in [0.15, 0.2) is 21.3 Å². The van der Waals surface area contributed by atoms with E-state index in [1.807, 2.05) is 16.8 Å². The van der Waals surface area contributed by atoms with Crippen molar-refractivity contribution in [3.8, 4) is 11.5 Å². The molecule has 2 aromatic heterocycles. The van der Waals surface area contributed by atoms with Gasteiger partial charge >= 0.3 is 0 Å². The lowest BCUT2D eigenvalue weighted by molar-refractivity contribution is 0.425. The van der Waals surface area contributed by atoms with E-state index in [0.717, 1.165) is 30.1 Å². The highest BCUT2D eigenvalue weighted by Gasteiger charge is 2.10. The zero-order valence-electron chi connectivity index (χ0n) is 9.63. The van der Waals surface area contributed by atoms with Crippen molar-refractivity contribution in [1.82, 2.24) is 10.1 Å². The van der Waals surface area contributed by atoms with Crippen LogP contribution in [0, 0.1) is 0 Å². The number of thiophene rings is 1. The molecule has 2 heterocycles. The Morgan fingerprint density at radius 1 is 1.59 bits per heavy atom. The second kappa shape index (κ2) is 6.18. The maximum atomic E-state index is 5.50. The van der Waals surface area contributed by atoms with Crippen LogP contribution >= 0.6 is 23.1 Å². The number of nitrogens with two attached hydrogens (primary N) is 1. The fraction of sp³-hybridized carbons (Fsp3) is 0.455. The molecule has 92 valence electrons. The van der Waals surface area contributed by atoms with Gasteiger partial charge in [-0.05, 0) is 24.4 Å². The van der Waals surface area contributed by atoms with Gasteiger partial charge in [0.15, 0.2) is 5.82 Å². The molecule has 0 bridgehead atoms. The Morgan fingerprint density at radius 2 is 2.47 bits per heavy atom. The Balaban J connectivity index is 1.91. The Kier molecular flexibility index (Phi) is 4.58. The molecule has 0 aliphatic rings. The molecule has 0 aliphatic heterocycles. The summed E-state index contributed by atoms with van der Waals surface area (Å²) in [6.45, 7) is 2.89. The second-order valence-corrected chi connectivity index (χ2v) is 5.93. The van der Waals surface area contributed by atoms with E-state index in [1.54, 1.807) is 23.1 Å². The van der Waals surface area contributed by atoms with E-state index in [-0.39, 0.29) is 0 Å². The Labute approximate surface area is 109 Å². The second-order valence-electron chi connectivity index (χ2n) is 3.73. The van der Waals surface area contributed by atoms with E-state index >= 15 is 0 Å². The number of aromatic nitrogens is 2. The van der Waals surface area contributed by atoms with Gasteiger partial charge in [0, 0.05) is 10.6 Å². The van der Waals surface area contributed by atoms with Crippen molar-refractivity contribution >= 4 is 23.1 Å². The maximum Gasteiger partial charge on any atom is 0.258 e. The van der Waals surface area contributed by atoms with E-state index in [9.17, 15) is 0 Å². The first-order chi connectivity index (χ1) is 8.29. The van der Waals surface area contributed by atoms with Crippen molar-refractivity contribution in [3.63, 3.8) is 0 Å². The summed E-state index contributed by atoms with van der Waals surface area (Å²) in [6.07, 6.45) is 1.01. The van der Waals surface area contributed by atoms with E-state index < -0.39 is 0 Å². The highest BCUT2D eigenvalue weighted by atomic mass is 32.2. The van der Waals surface area contributed by atoms with Crippen molar-refractivity contribution in [3.05, 3.63) is 22.7 Å². The standard InChI is InChI=1S/C11H15N3OS2/c1-8(2-4-12)17-7-10-13-11(15-14-10)9-3-5-16-6-9/h3,5-6,8H,2,4,7,12H2,1H3. The molecule has 4 nitrogen and oxygen atoms in total. The van der Waals surface area contributed by atoms with E-state index in [4.69, 9.17) is 10.3 Å². The van der Waals surface area contributed by atoms with Crippen LogP contribution in [0.2, 0.25) is 0 Å². The van der Waals surface area contributed by atoms with Crippen LogP contribution in [-0.4, -0.2) is 21.9 Å². The quantitative estimate of drug-likeness (QED) is 0.873. The SMILES string of the molecule is CC(CCN)SCc1noc(-c2ccsc2)n1. The summed E-state index contributed by atoms with van der Waals surface area (Å²) in [4.78, 5) is 4.36. The fourth-order valence-electron chi connectivity index (χ4n) is 1.35. The van der Waals surface area contributed by atoms with Gasteiger partial charge in [0.05, 0.1) is 11.3 Å². The third-order valence-corrected chi connectivity index (χ3v) is 4.22.